The third kappa shape index (κ3) is 2.31. The molecule has 0 saturated heterocycles. The number of halogens is 1. The summed E-state index contributed by atoms with van der Waals surface area (Å²) < 4.78 is 0.898. The van der Waals surface area contributed by atoms with E-state index in [1.807, 2.05) is 12.1 Å². The molecule has 1 aromatic rings. The molecule has 0 spiro atoms. The topological polar surface area (TPSA) is 62.8 Å². The zero-order chi connectivity index (χ0) is 8.27. The van der Waals surface area contributed by atoms with E-state index < -0.39 is 0 Å². The molecule has 0 bridgehead atoms. The van der Waals surface area contributed by atoms with E-state index in [1.54, 1.807) is 6.20 Å². The molecular formula is C7H8BrN3. The van der Waals surface area contributed by atoms with Crippen LogP contribution >= 0.6 is 15.9 Å². The van der Waals surface area contributed by atoms with Gasteiger partial charge in [-0.1, -0.05) is 0 Å². The van der Waals surface area contributed by atoms with Crippen molar-refractivity contribution in [2.24, 2.45) is 5.73 Å². The Balaban J connectivity index is 2.86. The second-order valence-corrected chi connectivity index (χ2v) is 2.99. The summed E-state index contributed by atoms with van der Waals surface area (Å²) in [5.41, 5.74) is 6.02. The summed E-state index contributed by atoms with van der Waals surface area (Å²) in [6.45, 7) is 0. The van der Waals surface area contributed by atoms with E-state index in [4.69, 9.17) is 11.1 Å². The molecule has 3 nitrogen and oxygen atoms in total. The summed E-state index contributed by atoms with van der Waals surface area (Å²) in [7, 11) is 0. The highest BCUT2D eigenvalue weighted by Gasteiger charge is 2.00. The monoisotopic (exact) mass is 213 g/mol. The Kier molecular flexibility index (Phi) is 2.59. The molecule has 11 heavy (non-hydrogen) atoms. The maximum atomic E-state index is 7.05. The molecule has 0 radical (unpaired) electrons. The first kappa shape index (κ1) is 8.20. The normalized spacial score (nSPS) is 9.55. The quantitative estimate of drug-likeness (QED) is 0.576. The Hall–Kier alpha value is -0.900. The molecule has 0 aliphatic carbocycles. The van der Waals surface area contributed by atoms with Crippen LogP contribution in [0.1, 0.15) is 5.69 Å². The van der Waals surface area contributed by atoms with Gasteiger partial charge in [-0.2, -0.15) is 0 Å². The summed E-state index contributed by atoms with van der Waals surface area (Å²) in [6.07, 6.45) is 2.09. The highest BCUT2D eigenvalue weighted by molar-refractivity contribution is 9.10. The van der Waals surface area contributed by atoms with E-state index >= 15 is 0 Å². The number of rotatable bonds is 2. The Labute approximate surface area is 73.3 Å². The molecular weight excluding hydrogens is 206 g/mol. The third-order valence-electron chi connectivity index (χ3n) is 1.19. The molecule has 1 heterocycles. The van der Waals surface area contributed by atoms with E-state index in [2.05, 4.69) is 20.9 Å². The highest BCUT2D eigenvalue weighted by Crippen LogP contribution is 2.12. The standard InChI is InChI=1S/C7H8BrN3/c8-5-2-1-3-11-6(5)4-7(9)10/h1-3H,4H2,(H3,9,10). The molecule has 0 saturated carbocycles. The molecule has 1 rings (SSSR count). The van der Waals surface area contributed by atoms with E-state index in [-0.39, 0.29) is 5.84 Å². The lowest BCUT2D eigenvalue weighted by Gasteiger charge is -1.99. The van der Waals surface area contributed by atoms with E-state index in [0.717, 1.165) is 10.2 Å². The minimum absolute atomic E-state index is 0.129. The van der Waals surface area contributed by atoms with Gasteiger partial charge >= 0.3 is 0 Å². The Bertz CT molecular complexity index is 272. The van der Waals surface area contributed by atoms with Crippen LogP contribution in [0.25, 0.3) is 0 Å². The Morgan fingerprint density at radius 2 is 2.45 bits per heavy atom. The maximum absolute atomic E-state index is 7.05. The number of nitrogens with zero attached hydrogens (tertiary/aromatic N) is 1. The molecule has 0 fully saturated rings. The summed E-state index contributed by atoms with van der Waals surface area (Å²) in [5.74, 6) is 0.129. The van der Waals surface area contributed by atoms with Crippen molar-refractivity contribution in [2.75, 3.05) is 0 Å². The largest absolute Gasteiger partial charge is 0.387 e. The van der Waals surface area contributed by atoms with Crippen molar-refractivity contribution < 1.29 is 0 Å². The van der Waals surface area contributed by atoms with Crippen LogP contribution in [-0.2, 0) is 6.42 Å². The third-order valence-corrected chi connectivity index (χ3v) is 1.91. The average molecular weight is 214 g/mol. The van der Waals surface area contributed by atoms with Gasteiger partial charge in [0.2, 0.25) is 0 Å². The van der Waals surface area contributed by atoms with Gasteiger partial charge in [0.25, 0.3) is 0 Å². The highest BCUT2D eigenvalue weighted by atomic mass is 79.9. The summed E-state index contributed by atoms with van der Waals surface area (Å²) >= 11 is 3.31. The number of pyridine rings is 1. The van der Waals surface area contributed by atoms with E-state index in [9.17, 15) is 0 Å². The fourth-order valence-corrected chi connectivity index (χ4v) is 1.12. The number of nitrogens with two attached hydrogens (primary N) is 1. The van der Waals surface area contributed by atoms with Crippen LogP contribution in [0.2, 0.25) is 0 Å². The van der Waals surface area contributed by atoms with E-state index in [0.29, 0.717) is 6.42 Å². The van der Waals surface area contributed by atoms with Crippen LogP contribution in [0.3, 0.4) is 0 Å². The van der Waals surface area contributed by atoms with Crippen molar-refractivity contribution in [1.29, 1.82) is 5.41 Å². The van der Waals surface area contributed by atoms with Gasteiger partial charge in [-0.3, -0.25) is 10.4 Å². The Morgan fingerprint density at radius 1 is 1.73 bits per heavy atom. The molecule has 0 atom stereocenters. The fourth-order valence-electron chi connectivity index (χ4n) is 0.729. The van der Waals surface area contributed by atoms with Gasteiger partial charge < -0.3 is 5.73 Å². The minimum atomic E-state index is 0.129. The van der Waals surface area contributed by atoms with Crippen LogP contribution in [0.5, 0.6) is 0 Å². The molecule has 58 valence electrons. The van der Waals surface area contributed by atoms with Crippen molar-refractivity contribution in [3.63, 3.8) is 0 Å². The Morgan fingerprint density at radius 3 is 3.00 bits per heavy atom. The van der Waals surface area contributed by atoms with Gasteiger partial charge in [-0.15, -0.1) is 0 Å². The first-order valence-corrected chi connectivity index (χ1v) is 3.91. The molecule has 3 N–H and O–H groups in total. The van der Waals surface area contributed by atoms with Gasteiger partial charge in [0.1, 0.15) is 0 Å². The molecule has 1 aromatic heterocycles. The SMILES string of the molecule is N=C(N)Cc1ncccc1Br. The maximum Gasteiger partial charge on any atom is 0.0966 e. The van der Waals surface area contributed by atoms with Crippen molar-refractivity contribution in [1.82, 2.24) is 4.98 Å². The van der Waals surface area contributed by atoms with Crippen molar-refractivity contribution in [3.05, 3.63) is 28.5 Å². The van der Waals surface area contributed by atoms with Crippen LogP contribution in [0.15, 0.2) is 22.8 Å². The zero-order valence-corrected chi connectivity index (χ0v) is 7.43. The number of amidine groups is 1. The van der Waals surface area contributed by atoms with Gasteiger partial charge in [0, 0.05) is 17.1 Å². The van der Waals surface area contributed by atoms with Crippen molar-refractivity contribution in [3.8, 4) is 0 Å². The lowest BCUT2D eigenvalue weighted by Crippen LogP contribution is -2.13. The van der Waals surface area contributed by atoms with Crippen LogP contribution < -0.4 is 5.73 Å². The number of hydrogen-bond donors (Lipinski definition) is 2. The molecule has 0 aliphatic heterocycles. The molecule has 0 aliphatic rings. The molecule has 0 unspecified atom stereocenters. The van der Waals surface area contributed by atoms with Crippen LogP contribution in [0, 0.1) is 5.41 Å². The summed E-state index contributed by atoms with van der Waals surface area (Å²) in [6, 6.07) is 3.71. The number of aromatic nitrogens is 1. The molecule has 4 heteroatoms. The van der Waals surface area contributed by atoms with Crippen LogP contribution in [0.4, 0.5) is 0 Å². The first-order chi connectivity index (χ1) is 5.20. The minimum Gasteiger partial charge on any atom is -0.387 e. The lowest BCUT2D eigenvalue weighted by molar-refractivity contribution is 1.10. The number of hydrogen-bond acceptors (Lipinski definition) is 2. The van der Waals surface area contributed by atoms with E-state index in [1.165, 1.54) is 0 Å². The first-order valence-electron chi connectivity index (χ1n) is 3.12. The number of nitrogens with one attached hydrogen (secondary N) is 1. The smallest absolute Gasteiger partial charge is 0.0966 e. The van der Waals surface area contributed by atoms with Crippen molar-refractivity contribution >= 4 is 21.8 Å². The molecule has 0 aromatic carbocycles. The van der Waals surface area contributed by atoms with Gasteiger partial charge in [-0.05, 0) is 28.1 Å². The summed E-state index contributed by atoms with van der Waals surface area (Å²) in [5, 5.41) is 7.05. The second kappa shape index (κ2) is 3.48. The predicted molar refractivity (Wildman–Crippen MR) is 47.6 cm³/mol. The molecule has 0 amide bonds. The van der Waals surface area contributed by atoms with Gasteiger partial charge in [0.05, 0.1) is 11.5 Å². The zero-order valence-electron chi connectivity index (χ0n) is 5.84. The lowest BCUT2D eigenvalue weighted by atomic mass is 10.2. The van der Waals surface area contributed by atoms with Gasteiger partial charge in [0.15, 0.2) is 0 Å². The van der Waals surface area contributed by atoms with Crippen molar-refractivity contribution in [2.45, 2.75) is 6.42 Å². The fraction of sp³-hybridized carbons (Fsp3) is 0.143. The predicted octanol–water partition coefficient (Wildman–Crippen LogP) is 1.32. The second-order valence-electron chi connectivity index (χ2n) is 2.13. The van der Waals surface area contributed by atoms with Crippen LogP contribution in [-0.4, -0.2) is 10.8 Å². The average Bonchev–Trinajstić information content (AvgIpc) is 1.93. The summed E-state index contributed by atoms with van der Waals surface area (Å²) in [4.78, 5) is 4.05. The van der Waals surface area contributed by atoms with Gasteiger partial charge in [-0.25, -0.2) is 0 Å².